The Hall–Kier alpha value is -2.21. The Labute approximate surface area is 123 Å². The van der Waals surface area contributed by atoms with Crippen LogP contribution < -0.4 is 10.6 Å². The van der Waals surface area contributed by atoms with E-state index in [9.17, 15) is 14.4 Å². The highest BCUT2D eigenvalue weighted by Gasteiger charge is 2.32. The van der Waals surface area contributed by atoms with Crippen molar-refractivity contribution in [1.82, 2.24) is 10.2 Å². The summed E-state index contributed by atoms with van der Waals surface area (Å²) in [4.78, 5) is 36.5. The van der Waals surface area contributed by atoms with Gasteiger partial charge in [0.05, 0.1) is 11.1 Å². The number of amides is 3. The molecule has 0 spiro atoms. The van der Waals surface area contributed by atoms with Crippen molar-refractivity contribution in [2.45, 2.75) is 26.3 Å². The Morgan fingerprint density at radius 3 is 2.52 bits per heavy atom. The number of anilines is 1. The molecule has 0 atom stereocenters. The van der Waals surface area contributed by atoms with Crippen LogP contribution in [0.5, 0.6) is 0 Å². The summed E-state index contributed by atoms with van der Waals surface area (Å²) >= 11 is 0. The van der Waals surface area contributed by atoms with Gasteiger partial charge in [-0.1, -0.05) is 13.8 Å². The lowest BCUT2D eigenvalue weighted by Crippen LogP contribution is -2.27. The molecule has 0 aromatic heterocycles. The molecule has 0 radical (unpaired) electrons. The second-order valence-electron chi connectivity index (χ2n) is 5.34. The van der Waals surface area contributed by atoms with Gasteiger partial charge in [0.25, 0.3) is 11.8 Å². The first-order valence-electron chi connectivity index (χ1n) is 6.90. The first-order chi connectivity index (χ1) is 9.90. The van der Waals surface area contributed by atoms with Gasteiger partial charge in [-0.2, -0.15) is 0 Å². The second-order valence-corrected chi connectivity index (χ2v) is 5.34. The van der Waals surface area contributed by atoms with Crippen molar-refractivity contribution in [3.63, 3.8) is 0 Å². The van der Waals surface area contributed by atoms with Gasteiger partial charge in [-0.15, -0.1) is 0 Å². The van der Waals surface area contributed by atoms with E-state index in [4.69, 9.17) is 0 Å². The number of nitrogens with one attached hydrogen (secondary N) is 2. The molecule has 0 bridgehead atoms. The van der Waals surface area contributed by atoms with Crippen LogP contribution in [-0.4, -0.2) is 42.3 Å². The molecule has 6 heteroatoms. The number of imide groups is 1. The fraction of sp³-hybridized carbons (Fsp3) is 0.400. The topological polar surface area (TPSA) is 78.5 Å². The van der Waals surface area contributed by atoms with Crippen molar-refractivity contribution in [2.75, 3.05) is 18.9 Å². The molecular weight excluding hydrogens is 270 g/mol. The number of benzene rings is 1. The summed E-state index contributed by atoms with van der Waals surface area (Å²) in [6.07, 6.45) is 0.349. The van der Waals surface area contributed by atoms with E-state index in [1.54, 1.807) is 18.2 Å². The van der Waals surface area contributed by atoms with Crippen molar-refractivity contribution in [3.05, 3.63) is 29.3 Å². The van der Waals surface area contributed by atoms with Gasteiger partial charge in [-0.05, 0) is 18.2 Å². The minimum atomic E-state index is -0.340. The summed E-state index contributed by atoms with van der Waals surface area (Å²) in [5, 5.41) is 5.89. The summed E-state index contributed by atoms with van der Waals surface area (Å²) in [6.45, 7) is 4.61. The van der Waals surface area contributed by atoms with Crippen molar-refractivity contribution < 1.29 is 14.4 Å². The normalized spacial score (nSPS) is 13.8. The fourth-order valence-corrected chi connectivity index (χ4v) is 2.14. The molecule has 1 aromatic carbocycles. The molecule has 0 aliphatic carbocycles. The largest absolute Gasteiger partial charge is 0.326 e. The molecule has 6 nitrogen and oxygen atoms in total. The zero-order valence-electron chi connectivity index (χ0n) is 12.4. The maximum atomic E-state index is 11.9. The summed E-state index contributed by atoms with van der Waals surface area (Å²) < 4.78 is 0. The first-order valence-corrected chi connectivity index (χ1v) is 6.90. The van der Waals surface area contributed by atoms with Crippen LogP contribution in [0.3, 0.4) is 0 Å². The second kappa shape index (κ2) is 6.05. The third-order valence-corrected chi connectivity index (χ3v) is 3.28. The first kappa shape index (κ1) is 15.2. The van der Waals surface area contributed by atoms with E-state index in [0.717, 1.165) is 4.90 Å². The van der Waals surface area contributed by atoms with Crippen LogP contribution in [0.15, 0.2) is 18.2 Å². The van der Waals surface area contributed by atoms with Crippen molar-refractivity contribution in [3.8, 4) is 0 Å². The van der Waals surface area contributed by atoms with Gasteiger partial charge in [-0.3, -0.25) is 19.3 Å². The average Bonchev–Trinajstić information content (AvgIpc) is 2.63. The van der Waals surface area contributed by atoms with E-state index >= 15 is 0 Å². The molecule has 0 fully saturated rings. The molecule has 0 saturated carbocycles. The smallest absolute Gasteiger partial charge is 0.261 e. The zero-order chi connectivity index (χ0) is 15.6. The Bertz CT molecular complexity index is 596. The van der Waals surface area contributed by atoms with E-state index < -0.39 is 0 Å². The van der Waals surface area contributed by atoms with Crippen molar-refractivity contribution >= 4 is 23.4 Å². The lowest BCUT2D eigenvalue weighted by atomic mass is 10.1. The number of nitrogens with zero attached hydrogens (tertiary/aromatic N) is 1. The Balaban J connectivity index is 2.02. The van der Waals surface area contributed by atoms with Gasteiger partial charge in [-0.25, -0.2) is 0 Å². The van der Waals surface area contributed by atoms with Gasteiger partial charge in [0.15, 0.2) is 0 Å². The molecule has 3 amide bonds. The summed E-state index contributed by atoms with van der Waals surface area (Å²) in [5.41, 5.74) is 1.24. The minimum absolute atomic E-state index is 0.131. The Morgan fingerprint density at radius 2 is 1.86 bits per heavy atom. The van der Waals surface area contributed by atoms with Crippen LogP contribution in [0.1, 0.15) is 41.0 Å². The highest BCUT2D eigenvalue weighted by molar-refractivity contribution is 6.21. The molecular formula is C15H19N3O3. The fourth-order valence-electron chi connectivity index (χ4n) is 2.14. The van der Waals surface area contributed by atoms with Crippen LogP contribution in [0, 0.1) is 0 Å². The molecule has 0 saturated heterocycles. The van der Waals surface area contributed by atoms with E-state index in [0.29, 0.717) is 35.8 Å². The van der Waals surface area contributed by atoms with Gasteiger partial charge >= 0.3 is 0 Å². The molecule has 112 valence electrons. The third-order valence-electron chi connectivity index (χ3n) is 3.28. The Kier molecular flexibility index (Phi) is 4.37. The molecule has 1 aliphatic rings. The van der Waals surface area contributed by atoms with Gasteiger partial charge in [0, 0.05) is 31.7 Å². The summed E-state index contributed by atoms with van der Waals surface area (Å²) in [5.74, 6) is -0.783. The highest BCUT2D eigenvalue weighted by atomic mass is 16.2. The summed E-state index contributed by atoms with van der Waals surface area (Å²) in [7, 11) is 1.44. The molecule has 1 heterocycles. The predicted octanol–water partition coefficient (Wildman–Crippen LogP) is 1.24. The Morgan fingerprint density at radius 1 is 1.19 bits per heavy atom. The van der Waals surface area contributed by atoms with Gasteiger partial charge in [0.1, 0.15) is 0 Å². The van der Waals surface area contributed by atoms with Crippen LogP contribution in [-0.2, 0) is 4.79 Å². The molecule has 2 N–H and O–H groups in total. The number of rotatable bonds is 5. The maximum Gasteiger partial charge on any atom is 0.261 e. The van der Waals surface area contributed by atoms with Gasteiger partial charge < -0.3 is 10.6 Å². The molecule has 1 aliphatic heterocycles. The molecule has 2 rings (SSSR count). The van der Waals surface area contributed by atoms with Crippen LogP contribution >= 0.6 is 0 Å². The molecule has 1 aromatic rings. The third kappa shape index (κ3) is 3.28. The SMILES string of the molecule is CC(C)NCCC(=O)Nc1ccc2c(c1)C(=O)N(C)C2=O. The van der Waals surface area contributed by atoms with E-state index in [1.807, 2.05) is 13.8 Å². The number of carbonyl (C=O) groups is 3. The van der Waals surface area contributed by atoms with E-state index in [-0.39, 0.29) is 17.7 Å². The van der Waals surface area contributed by atoms with Gasteiger partial charge in [0.2, 0.25) is 5.91 Å². The molecule has 21 heavy (non-hydrogen) atoms. The van der Waals surface area contributed by atoms with Crippen LogP contribution in [0.4, 0.5) is 5.69 Å². The van der Waals surface area contributed by atoms with Crippen molar-refractivity contribution in [1.29, 1.82) is 0 Å². The van der Waals surface area contributed by atoms with E-state index in [1.165, 1.54) is 7.05 Å². The highest BCUT2D eigenvalue weighted by Crippen LogP contribution is 2.24. The number of hydrogen-bond donors (Lipinski definition) is 2. The zero-order valence-corrected chi connectivity index (χ0v) is 12.4. The summed E-state index contributed by atoms with van der Waals surface area (Å²) in [6, 6.07) is 5.09. The van der Waals surface area contributed by atoms with Crippen molar-refractivity contribution in [2.24, 2.45) is 0 Å². The number of carbonyl (C=O) groups excluding carboxylic acids is 3. The van der Waals surface area contributed by atoms with E-state index in [2.05, 4.69) is 10.6 Å². The maximum absolute atomic E-state index is 11.9. The average molecular weight is 289 g/mol. The minimum Gasteiger partial charge on any atom is -0.326 e. The lowest BCUT2D eigenvalue weighted by molar-refractivity contribution is -0.116. The number of hydrogen-bond acceptors (Lipinski definition) is 4. The molecule has 0 unspecified atom stereocenters. The predicted molar refractivity (Wildman–Crippen MR) is 79.3 cm³/mol. The lowest BCUT2D eigenvalue weighted by Gasteiger charge is -2.09. The van der Waals surface area contributed by atoms with Crippen LogP contribution in [0.25, 0.3) is 0 Å². The van der Waals surface area contributed by atoms with Crippen LogP contribution in [0.2, 0.25) is 0 Å². The standard InChI is InChI=1S/C15H19N3O3/c1-9(2)16-7-6-13(19)17-10-4-5-11-12(8-10)15(21)18(3)14(11)20/h4-5,8-9,16H,6-7H2,1-3H3,(H,17,19). The quantitative estimate of drug-likeness (QED) is 0.799. The number of fused-ring (bicyclic) bond motifs is 1. The monoisotopic (exact) mass is 289 g/mol.